The number of aliphatic hydroxyl groups is 2. The normalized spacial score (nSPS) is 8.86. The molecule has 0 unspecified atom stereocenters. The van der Waals surface area contributed by atoms with E-state index in [4.69, 9.17) is 10.2 Å². The average Bonchev–Trinajstić information content (AvgIpc) is 2.52. The predicted molar refractivity (Wildman–Crippen MR) is 81.5 cm³/mol. The monoisotopic (exact) mass is 302 g/mol. The highest BCUT2D eigenvalue weighted by Gasteiger charge is 2.00. The van der Waals surface area contributed by atoms with Crippen molar-refractivity contribution >= 4 is 5.97 Å². The summed E-state index contributed by atoms with van der Waals surface area (Å²) >= 11 is 0. The highest BCUT2D eigenvalue weighted by atomic mass is 19.1. The summed E-state index contributed by atoms with van der Waals surface area (Å²) in [5.41, 5.74) is 1.04. The summed E-state index contributed by atoms with van der Waals surface area (Å²) in [5, 5.41) is 15.1. The van der Waals surface area contributed by atoms with Crippen molar-refractivity contribution in [2.45, 2.75) is 39.0 Å². The predicted octanol–water partition coefficient (Wildman–Crippen LogP) is 2.71. The second-order valence-corrected chi connectivity index (χ2v) is 4.13. The van der Waals surface area contributed by atoms with Gasteiger partial charge < -0.3 is 14.9 Å². The number of aryl methyl sites for hydroxylation is 1. The van der Waals surface area contributed by atoms with E-state index in [-0.39, 0.29) is 11.8 Å². The first kappa shape index (κ1) is 21.8. The summed E-state index contributed by atoms with van der Waals surface area (Å²) in [6.07, 6.45) is 3.96. The SMILES string of the molecule is CCCCO.CO.COC(=O)CCCc1ccc(F)cc1. The van der Waals surface area contributed by atoms with Crippen molar-refractivity contribution in [3.63, 3.8) is 0 Å². The molecule has 0 radical (unpaired) electrons. The number of unbranched alkanes of at least 4 members (excludes halogenated alkanes) is 1. The van der Waals surface area contributed by atoms with Crippen LogP contribution in [0.4, 0.5) is 4.39 Å². The van der Waals surface area contributed by atoms with Gasteiger partial charge in [-0.05, 0) is 37.0 Å². The molecule has 0 spiro atoms. The maximum Gasteiger partial charge on any atom is 0.305 e. The molecule has 0 heterocycles. The molecule has 0 fully saturated rings. The number of methoxy groups -OCH3 is 1. The van der Waals surface area contributed by atoms with Crippen molar-refractivity contribution < 1.29 is 24.1 Å². The van der Waals surface area contributed by atoms with E-state index < -0.39 is 0 Å². The first-order valence-electron chi connectivity index (χ1n) is 7.00. The Morgan fingerprint density at radius 1 is 1.19 bits per heavy atom. The number of hydrogen-bond acceptors (Lipinski definition) is 4. The second-order valence-electron chi connectivity index (χ2n) is 4.13. The number of halogens is 1. The van der Waals surface area contributed by atoms with Crippen LogP contribution in [-0.4, -0.2) is 37.0 Å². The van der Waals surface area contributed by atoms with E-state index in [9.17, 15) is 9.18 Å². The van der Waals surface area contributed by atoms with E-state index in [1.165, 1.54) is 19.2 Å². The fraction of sp³-hybridized carbons (Fsp3) is 0.562. The summed E-state index contributed by atoms with van der Waals surface area (Å²) in [5.74, 6) is -0.436. The molecule has 0 aliphatic rings. The lowest BCUT2D eigenvalue weighted by molar-refractivity contribution is -0.140. The van der Waals surface area contributed by atoms with Crippen molar-refractivity contribution in [2.75, 3.05) is 20.8 Å². The molecule has 0 saturated heterocycles. The molecule has 0 saturated carbocycles. The van der Waals surface area contributed by atoms with Crippen molar-refractivity contribution in [1.29, 1.82) is 0 Å². The van der Waals surface area contributed by atoms with Gasteiger partial charge in [-0.2, -0.15) is 0 Å². The Labute approximate surface area is 126 Å². The summed E-state index contributed by atoms with van der Waals surface area (Å²) in [4.78, 5) is 10.8. The van der Waals surface area contributed by atoms with Crippen LogP contribution in [-0.2, 0) is 16.0 Å². The van der Waals surface area contributed by atoms with Gasteiger partial charge in [-0.3, -0.25) is 4.79 Å². The van der Waals surface area contributed by atoms with Crippen LogP contribution in [0.2, 0.25) is 0 Å². The van der Waals surface area contributed by atoms with Gasteiger partial charge in [0.05, 0.1) is 7.11 Å². The topological polar surface area (TPSA) is 66.8 Å². The maximum absolute atomic E-state index is 12.5. The third-order valence-electron chi connectivity index (χ3n) is 2.50. The van der Waals surface area contributed by atoms with Gasteiger partial charge in [0.2, 0.25) is 0 Å². The Bertz CT molecular complexity index is 337. The fourth-order valence-electron chi connectivity index (χ4n) is 1.35. The lowest BCUT2D eigenvalue weighted by Crippen LogP contribution is -2.00. The van der Waals surface area contributed by atoms with Gasteiger partial charge in [0.25, 0.3) is 0 Å². The zero-order valence-electron chi connectivity index (χ0n) is 13.1. The van der Waals surface area contributed by atoms with Gasteiger partial charge >= 0.3 is 5.97 Å². The van der Waals surface area contributed by atoms with Gasteiger partial charge in [0, 0.05) is 20.1 Å². The molecule has 0 aliphatic heterocycles. The summed E-state index contributed by atoms with van der Waals surface area (Å²) in [7, 11) is 2.38. The number of hydrogen-bond donors (Lipinski definition) is 2. The highest BCUT2D eigenvalue weighted by Crippen LogP contribution is 2.07. The smallest absolute Gasteiger partial charge is 0.305 e. The van der Waals surface area contributed by atoms with Crippen LogP contribution in [0.1, 0.15) is 38.2 Å². The molecule has 5 heteroatoms. The number of aliphatic hydroxyl groups excluding tert-OH is 2. The lowest BCUT2D eigenvalue weighted by atomic mass is 10.1. The van der Waals surface area contributed by atoms with Crippen LogP contribution in [0.3, 0.4) is 0 Å². The van der Waals surface area contributed by atoms with Gasteiger partial charge in [-0.1, -0.05) is 25.5 Å². The minimum atomic E-state index is -0.235. The molecule has 1 aromatic rings. The van der Waals surface area contributed by atoms with Crippen molar-refractivity contribution in [2.24, 2.45) is 0 Å². The molecule has 21 heavy (non-hydrogen) atoms. The molecule has 0 atom stereocenters. The molecule has 0 aliphatic carbocycles. The van der Waals surface area contributed by atoms with Crippen LogP contribution >= 0.6 is 0 Å². The van der Waals surface area contributed by atoms with Crippen molar-refractivity contribution in [3.05, 3.63) is 35.6 Å². The number of benzene rings is 1. The molecule has 0 amide bonds. The number of rotatable bonds is 6. The van der Waals surface area contributed by atoms with Crippen LogP contribution in [0.15, 0.2) is 24.3 Å². The molecule has 1 rings (SSSR count). The summed E-state index contributed by atoms with van der Waals surface area (Å²) < 4.78 is 17.0. The number of esters is 1. The third-order valence-corrected chi connectivity index (χ3v) is 2.50. The quantitative estimate of drug-likeness (QED) is 0.793. The van der Waals surface area contributed by atoms with Crippen LogP contribution in [0.25, 0.3) is 0 Å². The van der Waals surface area contributed by atoms with E-state index >= 15 is 0 Å². The molecule has 4 nitrogen and oxygen atoms in total. The zero-order chi connectivity index (χ0) is 16.5. The second kappa shape index (κ2) is 16.6. The summed E-state index contributed by atoms with van der Waals surface area (Å²) in [6, 6.07) is 6.31. The van der Waals surface area contributed by atoms with E-state index in [2.05, 4.69) is 11.7 Å². The van der Waals surface area contributed by atoms with Crippen molar-refractivity contribution in [1.82, 2.24) is 0 Å². The van der Waals surface area contributed by atoms with E-state index in [1.807, 2.05) is 0 Å². The Hall–Kier alpha value is -1.46. The molecule has 0 aromatic heterocycles. The molecule has 2 N–H and O–H groups in total. The maximum atomic E-state index is 12.5. The van der Waals surface area contributed by atoms with Crippen molar-refractivity contribution in [3.8, 4) is 0 Å². The third kappa shape index (κ3) is 14.8. The van der Waals surface area contributed by atoms with Gasteiger partial charge in [0.1, 0.15) is 5.82 Å². The van der Waals surface area contributed by atoms with Gasteiger partial charge in [0.15, 0.2) is 0 Å². The Balaban J connectivity index is 0. The first-order valence-corrected chi connectivity index (χ1v) is 7.00. The molecular formula is C16H27FO4. The Kier molecular flexibility index (Phi) is 17.3. The van der Waals surface area contributed by atoms with E-state index in [0.717, 1.165) is 38.4 Å². The average molecular weight is 302 g/mol. The van der Waals surface area contributed by atoms with Crippen LogP contribution in [0, 0.1) is 5.82 Å². The molecule has 0 bridgehead atoms. The van der Waals surface area contributed by atoms with E-state index in [0.29, 0.717) is 13.0 Å². The molecule has 122 valence electrons. The number of ether oxygens (including phenoxy) is 1. The van der Waals surface area contributed by atoms with Gasteiger partial charge in [-0.15, -0.1) is 0 Å². The lowest BCUT2D eigenvalue weighted by Gasteiger charge is -2.00. The Morgan fingerprint density at radius 3 is 2.14 bits per heavy atom. The zero-order valence-corrected chi connectivity index (χ0v) is 13.1. The first-order chi connectivity index (χ1) is 10.1. The number of carbonyl (C=O) groups excluding carboxylic acids is 1. The minimum absolute atomic E-state index is 0.202. The Morgan fingerprint density at radius 2 is 1.76 bits per heavy atom. The standard InChI is InChI=1S/C11H13FO2.C4H10O.CH4O/c1-14-11(13)4-2-3-9-5-7-10(12)8-6-9;1-2-3-4-5;1-2/h5-8H,2-4H2,1H3;5H,2-4H2,1H3;2H,1H3. The molecular weight excluding hydrogens is 275 g/mol. The van der Waals surface area contributed by atoms with E-state index in [1.54, 1.807) is 12.1 Å². The number of carbonyl (C=O) groups is 1. The molecule has 1 aromatic carbocycles. The summed E-state index contributed by atoms with van der Waals surface area (Å²) in [6.45, 7) is 2.40. The minimum Gasteiger partial charge on any atom is -0.469 e. The fourth-order valence-corrected chi connectivity index (χ4v) is 1.35. The highest BCUT2D eigenvalue weighted by molar-refractivity contribution is 5.69. The van der Waals surface area contributed by atoms with Crippen LogP contribution < -0.4 is 0 Å². The van der Waals surface area contributed by atoms with Crippen LogP contribution in [0.5, 0.6) is 0 Å². The van der Waals surface area contributed by atoms with Gasteiger partial charge in [-0.25, -0.2) is 4.39 Å². The largest absolute Gasteiger partial charge is 0.469 e.